The van der Waals surface area contributed by atoms with Crippen molar-refractivity contribution in [3.63, 3.8) is 0 Å². The highest BCUT2D eigenvalue weighted by molar-refractivity contribution is 5.75. The molecule has 0 spiro atoms. The molecule has 5 fully saturated rings. The van der Waals surface area contributed by atoms with Crippen LogP contribution in [0.25, 0.3) is 0 Å². The fourth-order valence-corrected chi connectivity index (χ4v) is 7.17. The van der Waals surface area contributed by atoms with Crippen LogP contribution in [-0.2, 0) is 19.1 Å². The van der Waals surface area contributed by atoms with Gasteiger partial charge < -0.3 is 9.47 Å². The molecule has 0 unspecified atom stereocenters. The first-order chi connectivity index (χ1) is 13.0. The summed E-state index contributed by atoms with van der Waals surface area (Å²) in [4.78, 5) is 27.2. The van der Waals surface area contributed by atoms with Gasteiger partial charge in [-0.3, -0.25) is 14.5 Å². The Balaban J connectivity index is 1.52. The Morgan fingerprint density at radius 2 is 1.89 bits per heavy atom. The van der Waals surface area contributed by atoms with Crippen LogP contribution in [0, 0.1) is 35.5 Å². The molecular weight excluding hydrogens is 342 g/mol. The quantitative estimate of drug-likeness (QED) is 0.550. The molecule has 1 saturated carbocycles. The molecule has 148 valence electrons. The Labute approximate surface area is 161 Å². The van der Waals surface area contributed by atoms with Gasteiger partial charge in [0.25, 0.3) is 0 Å². The molecule has 0 amide bonds. The van der Waals surface area contributed by atoms with Crippen molar-refractivity contribution in [2.45, 2.75) is 70.2 Å². The molecule has 0 bridgehead atoms. The fraction of sp³-hybridized carbons (Fsp3) is 0.818. The molecule has 0 aromatic carbocycles. The van der Waals surface area contributed by atoms with Crippen molar-refractivity contribution in [3.05, 3.63) is 12.7 Å². The van der Waals surface area contributed by atoms with E-state index >= 15 is 0 Å². The first kappa shape index (κ1) is 17.7. The zero-order valence-electron chi connectivity index (χ0n) is 16.4. The first-order valence-electron chi connectivity index (χ1n) is 10.8. The van der Waals surface area contributed by atoms with Gasteiger partial charge in [-0.25, -0.2) is 0 Å². The number of nitrogens with zero attached hydrogens (tertiary/aromatic N) is 1. The second kappa shape index (κ2) is 6.33. The van der Waals surface area contributed by atoms with Crippen LogP contribution in [0.2, 0.25) is 0 Å². The molecule has 5 rings (SSSR count). The van der Waals surface area contributed by atoms with Crippen LogP contribution < -0.4 is 0 Å². The largest absolute Gasteiger partial charge is 0.461 e. The number of cyclic esters (lactones) is 1. The Morgan fingerprint density at radius 1 is 1.07 bits per heavy atom. The summed E-state index contributed by atoms with van der Waals surface area (Å²) in [7, 11) is 0. The van der Waals surface area contributed by atoms with E-state index in [0.29, 0.717) is 23.9 Å². The van der Waals surface area contributed by atoms with E-state index in [0.717, 1.165) is 19.4 Å². The number of esters is 2. The third-order valence-electron chi connectivity index (χ3n) is 8.31. The molecule has 0 N–H and O–H groups in total. The molecule has 1 aliphatic carbocycles. The van der Waals surface area contributed by atoms with Crippen LogP contribution in [0.15, 0.2) is 12.7 Å². The van der Waals surface area contributed by atoms with Gasteiger partial charge in [-0.2, -0.15) is 0 Å². The van der Waals surface area contributed by atoms with Gasteiger partial charge in [0, 0.05) is 23.9 Å². The predicted octanol–water partition coefficient (Wildman–Crippen LogP) is 2.79. The number of ether oxygens (including phenoxy) is 2. The highest BCUT2D eigenvalue weighted by Gasteiger charge is 2.63. The summed E-state index contributed by atoms with van der Waals surface area (Å²) in [6, 6.07) is 0.759. The van der Waals surface area contributed by atoms with E-state index in [1.807, 2.05) is 13.8 Å². The van der Waals surface area contributed by atoms with Gasteiger partial charge in [-0.1, -0.05) is 26.3 Å². The van der Waals surface area contributed by atoms with Crippen LogP contribution >= 0.6 is 0 Å². The van der Waals surface area contributed by atoms with E-state index in [1.54, 1.807) is 0 Å². The van der Waals surface area contributed by atoms with Crippen LogP contribution in [0.3, 0.4) is 0 Å². The summed E-state index contributed by atoms with van der Waals surface area (Å²) in [6.07, 6.45) is 7.48. The van der Waals surface area contributed by atoms with Crippen molar-refractivity contribution < 1.29 is 19.1 Å². The maximum absolute atomic E-state index is 12.4. The van der Waals surface area contributed by atoms with Crippen LogP contribution in [0.1, 0.15) is 46.0 Å². The van der Waals surface area contributed by atoms with Crippen molar-refractivity contribution in [1.82, 2.24) is 4.90 Å². The van der Waals surface area contributed by atoms with Crippen molar-refractivity contribution in [1.29, 1.82) is 0 Å². The normalized spacial score (nSPS) is 51.9. The van der Waals surface area contributed by atoms with Gasteiger partial charge in [0.05, 0.1) is 11.8 Å². The van der Waals surface area contributed by atoms with Crippen molar-refractivity contribution >= 4 is 11.9 Å². The minimum atomic E-state index is -0.0455. The third kappa shape index (κ3) is 2.46. The second-order valence-electron chi connectivity index (χ2n) is 9.55. The monoisotopic (exact) mass is 373 g/mol. The molecule has 10 atom stereocenters. The molecular formula is C22H31NO4. The lowest BCUT2D eigenvalue weighted by Gasteiger charge is -2.47. The minimum Gasteiger partial charge on any atom is -0.461 e. The molecule has 0 aromatic heterocycles. The molecule has 0 radical (unpaired) electrons. The SMILES string of the molecule is C=C[C@@H]1[C@H]2CCCCN3[C@H]2[C@H](C[C@H]3[C@@H]2C[C@H](C)C(=O)O2)[C@@H]2[C@H]1OC(=O)[C@H]2C. The zero-order chi connectivity index (χ0) is 18.9. The van der Waals surface area contributed by atoms with E-state index < -0.39 is 0 Å². The molecule has 4 heterocycles. The lowest BCUT2D eigenvalue weighted by Crippen LogP contribution is -2.54. The highest BCUT2D eigenvalue weighted by atomic mass is 16.6. The maximum Gasteiger partial charge on any atom is 0.309 e. The van der Waals surface area contributed by atoms with Crippen LogP contribution in [-0.4, -0.2) is 47.7 Å². The zero-order valence-corrected chi connectivity index (χ0v) is 16.4. The number of hydrogen-bond donors (Lipinski definition) is 0. The number of fused-ring (bicyclic) bond motifs is 2. The summed E-state index contributed by atoms with van der Waals surface area (Å²) in [5.74, 6) is 1.34. The Kier molecular flexibility index (Phi) is 4.15. The van der Waals surface area contributed by atoms with Gasteiger partial charge in [-0.15, -0.1) is 6.58 Å². The van der Waals surface area contributed by atoms with Crippen molar-refractivity contribution in [3.8, 4) is 0 Å². The lowest BCUT2D eigenvalue weighted by molar-refractivity contribution is -0.146. The average molecular weight is 373 g/mol. The molecule has 5 aliphatic rings. The summed E-state index contributed by atoms with van der Waals surface area (Å²) in [6.45, 7) is 9.22. The first-order valence-corrected chi connectivity index (χ1v) is 10.8. The molecule has 5 nitrogen and oxygen atoms in total. The van der Waals surface area contributed by atoms with Crippen LogP contribution in [0.5, 0.6) is 0 Å². The number of carbonyl (C=O) groups excluding carboxylic acids is 2. The lowest BCUT2D eigenvalue weighted by atomic mass is 9.60. The van der Waals surface area contributed by atoms with E-state index in [-0.39, 0.29) is 47.8 Å². The van der Waals surface area contributed by atoms with Crippen molar-refractivity contribution in [2.75, 3.05) is 6.54 Å². The second-order valence-corrected chi connectivity index (χ2v) is 9.55. The Bertz CT molecular complexity index is 663. The maximum atomic E-state index is 12.4. The molecule has 5 heteroatoms. The highest BCUT2D eigenvalue weighted by Crippen LogP contribution is 2.57. The number of hydrogen-bond acceptors (Lipinski definition) is 5. The smallest absolute Gasteiger partial charge is 0.309 e. The number of carbonyl (C=O) groups is 2. The number of rotatable bonds is 2. The summed E-state index contributed by atoms with van der Waals surface area (Å²) < 4.78 is 11.7. The van der Waals surface area contributed by atoms with Gasteiger partial charge >= 0.3 is 11.9 Å². The third-order valence-corrected chi connectivity index (χ3v) is 8.31. The van der Waals surface area contributed by atoms with E-state index in [9.17, 15) is 9.59 Å². The van der Waals surface area contributed by atoms with E-state index in [1.165, 1.54) is 19.3 Å². The molecule has 4 aliphatic heterocycles. The predicted molar refractivity (Wildman–Crippen MR) is 99.6 cm³/mol. The summed E-state index contributed by atoms with van der Waals surface area (Å²) in [5.41, 5.74) is 0. The summed E-state index contributed by atoms with van der Waals surface area (Å²) >= 11 is 0. The van der Waals surface area contributed by atoms with Crippen molar-refractivity contribution in [2.24, 2.45) is 35.5 Å². The van der Waals surface area contributed by atoms with Gasteiger partial charge in [0.15, 0.2) is 0 Å². The van der Waals surface area contributed by atoms with Gasteiger partial charge in [-0.05, 0) is 44.1 Å². The topological polar surface area (TPSA) is 55.8 Å². The van der Waals surface area contributed by atoms with Crippen LogP contribution in [0.4, 0.5) is 0 Å². The summed E-state index contributed by atoms with van der Waals surface area (Å²) in [5, 5.41) is 0. The molecule has 27 heavy (non-hydrogen) atoms. The van der Waals surface area contributed by atoms with E-state index in [2.05, 4.69) is 17.6 Å². The molecule has 4 saturated heterocycles. The Hall–Kier alpha value is -1.36. The minimum absolute atomic E-state index is 0.00407. The molecule has 0 aromatic rings. The Morgan fingerprint density at radius 3 is 2.59 bits per heavy atom. The average Bonchev–Trinajstić information content (AvgIpc) is 3.20. The van der Waals surface area contributed by atoms with E-state index in [4.69, 9.17) is 9.47 Å². The fourth-order valence-electron chi connectivity index (χ4n) is 7.17. The van der Waals surface area contributed by atoms with Gasteiger partial charge in [0.1, 0.15) is 12.2 Å². The van der Waals surface area contributed by atoms with Gasteiger partial charge in [0.2, 0.25) is 0 Å². The standard InChI is InChI=1S/C22H31NO4/c1-4-13-14-7-5-6-8-23-16(17-9-11(2)21(24)26-17)10-15(19(14)23)18-12(3)22(25)27-20(13)18/h4,11-20H,1,5-10H2,2-3H3/t11-,12-,13+,14+,15+,16-,17-,18+,19+,20-/m0/s1.